The number of rotatable bonds is 2. The minimum absolute atomic E-state index is 0.547. The lowest BCUT2D eigenvalue weighted by atomic mass is 9.77. The van der Waals surface area contributed by atoms with E-state index in [9.17, 15) is 5.02 Å². The molecule has 0 aromatic heterocycles. The number of hydrogen-bond acceptors (Lipinski definition) is 4. The fraction of sp³-hybridized carbons (Fsp3) is 0.316. The average Bonchev–Trinajstić information content (AvgIpc) is 3.06. The van der Waals surface area contributed by atoms with E-state index in [4.69, 9.17) is 32.7 Å². The average molecular weight is 390 g/mol. The van der Waals surface area contributed by atoms with Gasteiger partial charge in [-0.3, -0.25) is 0 Å². The summed E-state index contributed by atoms with van der Waals surface area (Å²) in [6, 6.07) is 11.2. The number of benzene rings is 2. The highest BCUT2D eigenvalue weighted by atomic mass is 35.5. The third kappa shape index (κ3) is 2.93. The van der Waals surface area contributed by atoms with Crippen LogP contribution >= 0.6 is 23.2 Å². The second-order valence-corrected chi connectivity index (χ2v) is 8.35. The van der Waals surface area contributed by atoms with Crippen LogP contribution in [0, 0.1) is 0 Å². The summed E-state index contributed by atoms with van der Waals surface area (Å²) in [4.78, 5) is 5.79. The predicted octanol–water partition coefficient (Wildman–Crippen LogP) is 3.99. The van der Waals surface area contributed by atoms with Crippen molar-refractivity contribution in [1.29, 1.82) is 0 Å². The highest BCUT2D eigenvalue weighted by Gasteiger charge is 2.42. The van der Waals surface area contributed by atoms with Gasteiger partial charge in [0.25, 0.3) is 0 Å². The number of oxime groups is 1. The molecular formula is C19H18BCl2NO3. The maximum Gasteiger partial charge on any atom is 0.492 e. The van der Waals surface area contributed by atoms with Crippen molar-refractivity contribution >= 4 is 41.5 Å². The van der Waals surface area contributed by atoms with Gasteiger partial charge >= 0.3 is 7.12 Å². The van der Waals surface area contributed by atoms with Gasteiger partial charge in [-0.15, -0.1) is 0 Å². The van der Waals surface area contributed by atoms with Crippen molar-refractivity contribution in [2.75, 3.05) is 0 Å². The van der Waals surface area contributed by atoms with Gasteiger partial charge in [-0.05, 0) is 61.6 Å². The summed E-state index contributed by atoms with van der Waals surface area (Å²) in [5.41, 5.74) is 3.25. The summed E-state index contributed by atoms with van der Waals surface area (Å²) in [5.74, 6) is 0. The molecule has 2 aromatic rings. The molecule has 7 heteroatoms. The summed E-state index contributed by atoms with van der Waals surface area (Å²) in [6.45, 7) is 5.85. The lowest BCUT2D eigenvalue weighted by Crippen LogP contribution is -2.28. The monoisotopic (exact) mass is 389 g/mol. The lowest BCUT2D eigenvalue weighted by molar-refractivity contribution is -0.00737. The van der Waals surface area contributed by atoms with Crippen molar-refractivity contribution < 1.29 is 14.5 Å². The fourth-order valence-electron chi connectivity index (χ4n) is 3.59. The van der Waals surface area contributed by atoms with E-state index in [2.05, 4.69) is 5.16 Å². The molecule has 26 heavy (non-hydrogen) atoms. The molecule has 0 saturated heterocycles. The smallest absolute Gasteiger partial charge is 0.423 e. The molecule has 2 aromatic carbocycles. The maximum atomic E-state index is 10.1. The van der Waals surface area contributed by atoms with E-state index in [-0.39, 0.29) is 0 Å². The summed E-state index contributed by atoms with van der Waals surface area (Å²) < 4.78 is 5.63. The molecular weight excluding hydrogens is 372 g/mol. The number of halogens is 2. The van der Waals surface area contributed by atoms with Gasteiger partial charge in [0, 0.05) is 22.0 Å². The Bertz CT molecular complexity index is 911. The Labute approximate surface area is 162 Å². The molecule has 0 spiro atoms. The Balaban J connectivity index is 1.65. The highest BCUT2D eigenvalue weighted by molar-refractivity contribution is 6.62. The molecule has 0 saturated carbocycles. The van der Waals surface area contributed by atoms with Crippen LogP contribution in [0.25, 0.3) is 0 Å². The van der Waals surface area contributed by atoms with Crippen LogP contribution in [0.5, 0.6) is 0 Å². The first-order valence-electron chi connectivity index (χ1n) is 8.40. The highest BCUT2D eigenvalue weighted by Crippen LogP contribution is 2.39. The molecule has 0 unspecified atom stereocenters. The molecule has 0 aliphatic carbocycles. The first-order valence-corrected chi connectivity index (χ1v) is 9.16. The van der Waals surface area contributed by atoms with Gasteiger partial charge in [-0.25, -0.2) is 0 Å². The van der Waals surface area contributed by atoms with E-state index in [1.807, 2.05) is 51.1 Å². The molecule has 0 bridgehead atoms. The Kier molecular flexibility index (Phi) is 4.12. The van der Waals surface area contributed by atoms with Gasteiger partial charge in [0.05, 0.1) is 11.3 Å². The lowest BCUT2D eigenvalue weighted by Gasteiger charge is -2.22. The van der Waals surface area contributed by atoms with Crippen molar-refractivity contribution in [3.05, 3.63) is 63.1 Å². The van der Waals surface area contributed by atoms with E-state index >= 15 is 0 Å². The van der Waals surface area contributed by atoms with Gasteiger partial charge < -0.3 is 14.5 Å². The zero-order chi connectivity index (χ0) is 18.7. The van der Waals surface area contributed by atoms with Crippen LogP contribution in [-0.2, 0) is 20.7 Å². The summed E-state index contributed by atoms with van der Waals surface area (Å²) >= 11 is 12.3. The topological polar surface area (TPSA) is 51.0 Å². The molecule has 4 rings (SSSR count). The first-order chi connectivity index (χ1) is 12.2. The molecule has 0 amide bonds. The summed E-state index contributed by atoms with van der Waals surface area (Å²) in [6.07, 6.45) is 0.590. The number of fused-ring (bicyclic) bond motifs is 1. The minimum Gasteiger partial charge on any atom is -0.423 e. The maximum absolute atomic E-state index is 10.1. The van der Waals surface area contributed by atoms with Gasteiger partial charge in [0.1, 0.15) is 0 Å². The molecule has 0 fully saturated rings. The van der Waals surface area contributed by atoms with Crippen LogP contribution in [0.2, 0.25) is 10.0 Å². The third-order valence-corrected chi connectivity index (χ3v) is 5.48. The molecule has 2 heterocycles. The molecule has 1 atom stereocenters. The van der Waals surface area contributed by atoms with Crippen LogP contribution < -0.4 is 5.46 Å². The van der Waals surface area contributed by atoms with Crippen molar-refractivity contribution in [3.8, 4) is 0 Å². The summed E-state index contributed by atoms with van der Waals surface area (Å²) in [5, 5.41) is 15.5. The molecule has 2 aliphatic rings. The van der Waals surface area contributed by atoms with Crippen molar-refractivity contribution in [2.45, 2.75) is 38.4 Å². The molecule has 4 nitrogen and oxygen atoms in total. The normalized spacial score (nSPS) is 23.6. The van der Waals surface area contributed by atoms with E-state index in [0.29, 0.717) is 16.5 Å². The van der Waals surface area contributed by atoms with Gasteiger partial charge in [-0.2, -0.15) is 0 Å². The Morgan fingerprint density at radius 3 is 2.46 bits per heavy atom. The van der Waals surface area contributed by atoms with Crippen LogP contribution in [-0.4, -0.2) is 17.9 Å². The third-order valence-electron chi connectivity index (χ3n) is 5.04. The molecule has 134 valence electrons. The van der Waals surface area contributed by atoms with Crippen LogP contribution in [0.1, 0.15) is 43.9 Å². The van der Waals surface area contributed by atoms with E-state index in [0.717, 1.165) is 27.9 Å². The van der Waals surface area contributed by atoms with Crippen LogP contribution in [0.3, 0.4) is 0 Å². The van der Waals surface area contributed by atoms with Gasteiger partial charge in [0.15, 0.2) is 5.60 Å². The SMILES string of the molecule is CC1(C)OB(O)c2ccc(C3=NO[C@](C)(c4cc(Cl)cc(Cl)c4)C3)cc21. The second-order valence-electron chi connectivity index (χ2n) is 7.48. The van der Waals surface area contributed by atoms with E-state index in [1.165, 1.54) is 0 Å². The zero-order valence-electron chi connectivity index (χ0n) is 14.7. The van der Waals surface area contributed by atoms with Gasteiger partial charge in [-0.1, -0.05) is 40.5 Å². The van der Waals surface area contributed by atoms with Crippen LogP contribution in [0.15, 0.2) is 41.6 Å². The largest absolute Gasteiger partial charge is 0.492 e. The number of hydrogen-bond donors (Lipinski definition) is 1. The zero-order valence-corrected chi connectivity index (χ0v) is 16.2. The molecule has 0 radical (unpaired) electrons. The van der Waals surface area contributed by atoms with Crippen molar-refractivity contribution in [3.63, 3.8) is 0 Å². The Morgan fingerprint density at radius 2 is 1.77 bits per heavy atom. The van der Waals surface area contributed by atoms with Gasteiger partial charge in [0.2, 0.25) is 0 Å². The predicted molar refractivity (Wildman–Crippen MR) is 104 cm³/mol. The standard InChI is InChI=1S/C19H18BCl2NO3/c1-18(2)15-6-11(4-5-16(15)20(24)25-18)17-10-19(3,26-23-17)12-7-13(21)9-14(22)8-12/h4-9,24H,10H2,1-3H3/t19-/m0/s1. The number of nitrogens with zero attached hydrogens (tertiary/aromatic N) is 1. The minimum atomic E-state index is -0.894. The second kappa shape index (κ2) is 5.99. The Hall–Kier alpha value is -1.53. The quantitative estimate of drug-likeness (QED) is 0.790. The molecule has 2 aliphatic heterocycles. The van der Waals surface area contributed by atoms with E-state index < -0.39 is 18.3 Å². The molecule has 1 N–H and O–H groups in total. The van der Waals surface area contributed by atoms with Crippen molar-refractivity contribution in [2.24, 2.45) is 5.16 Å². The Morgan fingerprint density at radius 1 is 1.08 bits per heavy atom. The summed E-state index contributed by atoms with van der Waals surface area (Å²) in [7, 11) is -0.894. The van der Waals surface area contributed by atoms with Crippen molar-refractivity contribution in [1.82, 2.24) is 0 Å². The first kappa shape index (κ1) is 17.9. The van der Waals surface area contributed by atoms with Crippen LogP contribution in [0.4, 0.5) is 0 Å². The fourth-order valence-corrected chi connectivity index (χ4v) is 4.11. The van der Waals surface area contributed by atoms with E-state index in [1.54, 1.807) is 6.07 Å².